The van der Waals surface area contributed by atoms with Gasteiger partial charge in [-0.2, -0.15) is 0 Å². The van der Waals surface area contributed by atoms with Gasteiger partial charge in [0.1, 0.15) is 23.0 Å². The van der Waals surface area contributed by atoms with Crippen LogP contribution >= 0.6 is 0 Å². The van der Waals surface area contributed by atoms with Gasteiger partial charge in [-0.1, -0.05) is 0 Å². The molecule has 3 heterocycles. The lowest BCUT2D eigenvalue weighted by atomic mass is 10.0. The summed E-state index contributed by atoms with van der Waals surface area (Å²) in [5.41, 5.74) is 4.67. The maximum absolute atomic E-state index is 14.1. The summed E-state index contributed by atoms with van der Waals surface area (Å²) in [5, 5.41) is 3.56. The average Bonchev–Trinajstić information content (AvgIpc) is 3.18. The second kappa shape index (κ2) is 8.95. The third kappa shape index (κ3) is 4.02. The summed E-state index contributed by atoms with van der Waals surface area (Å²) in [6, 6.07) is 14.5. The van der Waals surface area contributed by atoms with Gasteiger partial charge in [0.05, 0.1) is 13.0 Å². The predicted molar refractivity (Wildman–Crippen MR) is 140 cm³/mol. The van der Waals surface area contributed by atoms with Crippen LogP contribution in [-0.2, 0) is 24.8 Å². The zero-order chi connectivity index (χ0) is 26.6. The Morgan fingerprint density at radius 3 is 2.53 bits per heavy atom. The maximum Gasteiger partial charge on any atom is 0.272 e. The minimum absolute atomic E-state index is 0.0438. The summed E-state index contributed by atoms with van der Waals surface area (Å²) in [5.74, 6) is -2.14. The van der Waals surface area contributed by atoms with Gasteiger partial charge >= 0.3 is 0 Å². The van der Waals surface area contributed by atoms with Gasteiger partial charge in [-0.05, 0) is 66.2 Å². The molecular weight excluding hydrogens is 493 g/mol. The SMILES string of the molecule is Cn1cc2c3c(c[nH]c(=O)c31)CN(c1ccc(F)cc1)c1ccc(NC(=O)Cc3cc(F)ccc3F)cc1-2. The van der Waals surface area contributed by atoms with Crippen molar-refractivity contribution in [1.29, 1.82) is 0 Å². The van der Waals surface area contributed by atoms with Gasteiger partial charge in [-0.3, -0.25) is 9.59 Å². The second-order valence-electron chi connectivity index (χ2n) is 9.28. The van der Waals surface area contributed by atoms with E-state index >= 15 is 0 Å². The molecule has 0 unspecified atom stereocenters. The maximum atomic E-state index is 14.1. The van der Waals surface area contributed by atoms with Crippen LogP contribution in [-0.4, -0.2) is 15.5 Å². The van der Waals surface area contributed by atoms with E-state index in [1.54, 1.807) is 42.1 Å². The number of pyridine rings is 1. The number of aromatic nitrogens is 2. The molecule has 0 bridgehead atoms. The Morgan fingerprint density at radius 1 is 0.974 bits per heavy atom. The molecule has 6 nitrogen and oxygen atoms in total. The van der Waals surface area contributed by atoms with Gasteiger partial charge in [0, 0.05) is 58.6 Å². The van der Waals surface area contributed by atoms with Crippen molar-refractivity contribution < 1.29 is 18.0 Å². The fourth-order valence-corrected chi connectivity index (χ4v) is 5.08. The fourth-order valence-electron chi connectivity index (χ4n) is 5.08. The quantitative estimate of drug-likeness (QED) is 0.319. The average molecular weight is 515 g/mol. The first-order chi connectivity index (χ1) is 18.3. The molecule has 1 amide bonds. The zero-order valence-electron chi connectivity index (χ0n) is 20.2. The van der Waals surface area contributed by atoms with Crippen LogP contribution in [0, 0.1) is 17.5 Å². The zero-order valence-corrected chi connectivity index (χ0v) is 20.2. The molecule has 1 aliphatic heterocycles. The van der Waals surface area contributed by atoms with Crippen LogP contribution in [0.4, 0.5) is 30.2 Å². The Bertz CT molecular complexity index is 1790. The number of nitrogens with zero attached hydrogens (tertiary/aromatic N) is 2. The number of hydrogen-bond acceptors (Lipinski definition) is 3. The van der Waals surface area contributed by atoms with E-state index in [0.29, 0.717) is 17.7 Å². The largest absolute Gasteiger partial charge is 0.345 e. The molecule has 190 valence electrons. The van der Waals surface area contributed by atoms with Crippen LogP contribution in [0.25, 0.3) is 22.0 Å². The number of H-pyrrole nitrogens is 1. The third-order valence-electron chi connectivity index (χ3n) is 6.78. The minimum atomic E-state index is -0.660. The highest BCUT2D eigenvalue weighted by molar-refractivity contribution is 6.04. The van der Waals surface area contributed by atoms with Gasteiger partial charge in [0.2, 0.25) is 5.91 Å². The lowest BCUT2D eigenvalue weighted by molar-refractivity contribution is -0.115. The smallest absolute Gasteiger partial charge is 0.272 e. The lowest BCUT2D eigenvalue weighted by Gasteiger charge is -2.26. The molecule has 2 N–H and O–H groups in total. The first-order valence-corrected chi connectivity index (χ1v) is 11.9. The monoisotopic (exact) mass is 514 g/mol. The Labute approximate surface area is 215 Å². The second-order valence-corrected chi connectivity index (χ2v) is 9.28. The molecule has 3 aromatic carbocycles. The summed E-state index contributed by atoms with van der Waals surface area (Å²) in [4.78, 5) is 30.3. The Morgan fingerprint density at radius 2 is 1.74 bits per heavy atom. The molecule has 9 heteroatoms. The van der Waals surface area contributed by atoms with Crippen LogP contribution in [0.1, 0.15) is 11.1 Å². The van der Waals surface area contributed by atoms with E-state index in [0.717, 1.165) is 51.7 Å². The third-order valence-corrected chi connectivity index (χ3v) is 6.78. The van der Waals surface area contributed by atoms with Crippen LogP contribution < -0.4 is 15.8 Å². The van der Waals surface area contributed by atoms with Crippen LogP contribution in [0.15, 0.2) is 77.9 Å². The van der Waals surface area contributed by atoms with Crippen LogP contribution in [0.2, 0.25) is 0 Å². The van der Waals surface area contributed by atoms with Crippen molar-refractivity contribution in [3.05, 3.63) is 112 Å². The van der Waals surface area contributed by atoms with E-state index in [4.69, 9.17) is 0 Å². The molecule has 0 saturated heterocycles. The van der Waals surface area contributed by atoms with Crippen molar-refractivity contribution in [3.8, 4) is 11.1 Å². The number of rotatable bonds is 4. The molecule has 0 atom stereocenters. The fraction of sp³-hybridized carbons (Fsp3) is 0.103. The number of carbonyl (C=O) groups is 1. The molecule has 2 aromatic heterocycles. The number of hydrogen-bond donors (Lipinski definition) is 2. The first-order valence-electron chi connectivity index (χ1n) is 11.9. The van der Waals surface area contributed by atoms with E-state index in [9.17, 15) is 22.8 Å². The Kier molecular flexibility index (Phi) is 5.56. The number of benzene rings is 3. The van der Waals surface area contributed by atoms with E-state index in [1.165, 1.54) is 12.1 Å². The van der Waals surface area contributed by atoms with E-state index in [2.05, 4.69) is 10.3 Å². The Balaban J connectivity index is 1.46. The Hall–Kier alpha value is -4.79. The highest BCUT2D eigenvalue weighted by Crippen LogP contribution is 2.44. The number of anilines is 3. The minimum Gasteiger partial charge on any atom is -0.345 e. The molecule has 0 radical (unpaired) electrons. The number of carbonyl (C=O) groups excluding carboxylic acids is 1. The highest BCUT2D eigenvalue weighted by atomic mass is 19.1. The molecule has 38 heavy (non-hydrogen) atoms. The van der Waals surface area contributed by atoms with Gasteiger partial charge in [-0.25, -0.2) is 13.2 Å². The highest BCUT2D eigenvalue weighted by Gasteiger charge is 2.26. The first kappa shape index (κ1) is 23.6. The summed E-state index contributed by atoms with van der Waals surface area (Å²) in [6.45, 7) is 0.410. The number of aromatic amines is 1. The number of aryl methyl sites for hydroxylation is 1. The summed E-state index contributed by atoms with van der Waals surface area (Å²) in [7, 11) is 1.79. The lowest BCUT2D eigenvalue weighted by Crippen LogP contribution is -2.18. The standard InChI is InChI=1S/C29H21F3N4O2/c1-35-15-23-22-12-20(34-26(37)11-16-10-19(31)4-8-24(16)32)5-9-25(22)36(21-6-2-18(30)3-7-21)14-17-13-33-29(38)28(35)27(17)23/h2-10,12-13,15H,11,14H2,1H3,(H,33,38)(H,34,37). The summed E-state index contributed by atoms with van der Waals surface area (Å²) >= 11 is 0. The normalized spacial score (nSPS) is 12.4. The molecular formula is C29H21F3N4O2. The molecule has 0 saturated carbocycles. The van der Waals surface area contributed by atoms with E-state index in [-0.39, 0.29) is 23.4 Å². The van der Waals surface area contributed by atoms with Crippen molar-refractivity contribution in [2.45, 2.75) is 13.0 Å². The van der Waals surface area contributed by atoms with Gasteiger partial charge in [-0.15, -0.1) is 0 Å². The number of amides is 1. The van der Waals surface area contributed by atoms with Gasteiger partial charge < -0.3 is 19.8 Å². The van der Waals surface area contributed by atoms with Crippen molar-refractivity contribution in [3.63, 3.8) is 0 Å². The van der Waals surface area contributed by atoms with Crippen LogP contribution in [0.3, 0.4) is 0 Å². The molecule has 5 aromatic rings. The number of nitrogens with one attached hydrogen (secondary N) is 2. The number of fused-ring (bicyclic) bond motifs is 2. The van der Waals surface area contributed by atoms with Crippen molar-refractivity contribution in [2.24, 2.45) is 7.05 Å². The van der Waals surface area contributed by atoms with Gasteiger partial charge in [0.25, 0.3) is 5.56 Å². The van der Waals surface area contributed by atoms with E-state index < -0.39 is 17.5 Å². The topological polar surface area (TPSA) is 70.1 Å². The predicted octanol–water partition coefficient (Wildman–Crippen LogP) is 5.78. The van der Waals surface area contributed by atoms with E-state index in [1.807, 2.05) is 17.2 Å². The summed E-state index contributed by atoms with van der Waals surface area (Å²) < 4.78 is 43.1. The molecule has 6 rings (SSSR count). The van der Waals surface area contributed by atoms with Crippen molar-refractivity contribution in [1.82, 2.24) is 9.55 Å². The number of halogens is 3. The molecule has 0 aliphatic carbocycles. The van der Waals surface area contributed by atoms with Gasteiger partial charge in [0.15, 0.2) is 0 Å². The molecule has 1 aliphatic rings. The van der Waals surface area contributed by atoms with Crippen LogP contribution in [0.5, 0.6) is 0 Å². The molecule has 0 fully saturated rings. The molecule has 0 spiro atoms. The van der Waals surface area contributed by atoms with Crippen molar-refractivity contribution in [2.75, 3.05) is 10.2 Å². The summed E-state index contributed by atoms with van der Waals surface area (Å²) in [6.07, 6.45) is 3.22. The van der Waals surface area contributed by atoms with Crippen molar-refractivity contribution >= 4 is 33.9 Å².